The first-order chi connectivity index (χ1) is 32.8. The van der Waals surface area contributed by atoms with Crippen LogP contribution >= 0.6 is 11.3 Å². The van der Waals surface area contributed by atoms with Crippen LogP contribution < -0.4 is 9.80 Å². The lowest BCUT2D eigenvalue weighted by Crippen LogP contribution is -2.25. The first kappa shape index (κ1) is 38.2. The van der Waals surface area contributed by atoms with E-state index >= 15 is 0 Å². The maximum Gasteiger partial charge on any atom is 0.0819 e. The first-order valence-electron chi connectivity index (χ1n) is 22.7. The van der Waals surface area contributed by atoms with E-state index in [2.05, 4.69) is 265 Å². The molecular formula is C63H42N2S. The lowest BCUT2D eigenvalue weighted by Gasteiger charge is -2.29. The molecule has 1 heterocycles. The van der Waals surface area contributed by atoms with E-state index in [4.69, 9.17) is 0 Å². The van der Waals surface area contributed by atoms with Crippen LogP contribution in [0.1, 0.15) is 21.6 Å². The number of para-hydroxylation sites is 4. The number of fused-ring (bicyclic) bond motifs is 12. The molecule has 0 amide bonds. The molecule has 66 heavy (non-hydrogen) atoms. The summed E-state index contributed by atoms with van der Waals surface area (Å²) in [4.78, 5) is 6.07. The van der Waals surface area contributed by atoms with Gasteiger partial charge in [-0.25, -0.2) is 0 Å². The Morgan fingerprint density at radius 1 is 0.273 bits per heavy atom. The van der Waals surface area contributed by atoms with Crippen molar-refractivity contribution in [3.8, 4) is 44.5 Å². The van der Waals surface area contributed by atoms with Crippen LogP contribution in [0.25, 0.3) is 54.6 Å². The smallest absolute Gasteiger partial charge is 0.0819 e. The molecule has 0 radical (unpaired) electrons. The van der Waals surface area contributed by atoms with Gasteiger partial charge in [0.15, 0.2) is 0 Å². The molecule has 0 saturated heterocycles. The number of hydrogen-bond acceptors (Lipinski definition) is 3. The van der Waals surface area contributed by atoms with Crippen molar-refractivity contribution in [3.63, 3.8) is 0 Å². The molecule has 1 spiro atoms. The standard InChI is InChI=1S/C63H42N2S/c1-5-19-45(20-6-1)64(46-21-7-2-8-22-46)49-39-35-43(36-40-49)51-29-17-32-56-59(51)53-27-13-15-31-55(53)63(56)57-33-18-30-52(60(57)61-54-28-14-16-34-58(54)66-62(61)63)44-37-41-50(42-38-44)65(47-23-9-3-10-24-47)48-25-11-4-12-26-48/h1-42H. The monoisotopic (exact) mass is 858 g/mol. The molecule has 1 atom stereocenters. The molecule has 2 nitrogen and oxygen atoms in total. The van der Waals surface area contributed by atoms with Gasteiger partial charge in [-0.2, -0.15) is 0 Å². The van der Waals surface area contributed by atoms with Gasteiger partial charge in [-0.05, 0) is 134 Å². The zero-order valence-corrected chi connectivity index (χ0v) is 36.9. The number of thiophene rings is 1. The molecule has 0 saturated carbocycles. The van der Waals surface area contributed by atoms with Crippen LogP contribution in [-0.4, -0.2) is 0 Å². The summed E-state index contributed by atoms with van der Waals surface area (Å²) < 4.78 is 1.32. The van der Waals surface area contributed by atoms with Gasteiger partial charge in [0.25, 0.3) is 0 Å². The minimum Gasteiger partial charge on any atom is -0.311 e. The summed E-state index contributed by atoms with van der Waals surface area (Å²) in [5.74, 6) is 0. The molecule has 3 heteroatoms. The second-order valence-electron chi connectivity index (χ2n) is 17.2. The van der Waals surface area contributed by atoms with E-state index in [0.29, 0.717) is 0 Å². The zero-order valence-electron chi connectivity index (χ0n) is 36.1. The summed E-state index contributed by atoms with van der Waals surface area (Å²) in [6, 6.07) is 93.2. The molecule has 13 rings (SSSR count). The maximum absolute atomic E-state index is 2.41. The highest BCUT2D eigenvalue weighted by Crippen LogP contribution is 2.68. The van der Waals surface area contributed by atoms with Crippen LogP contribution in [0.5, 0.6) is 0 Å². The number of hydrogen-bond donors (Lipinski definition) is 0. The molecule has 0 aliphatic heterocycles. The van der Waals surface area contributed by atoms with Crippen LogP contribution in [0.3, 0.4) is 0 Å². The summed E-state index contributed by atoms with van der Waals surface area (Å²) in [7, 11) is 0. The van der Waals surface area contributed by atoms with Crippen molar-refractivity contribution >= 4 is 55.5 Å². The Kier molecular flexibility index (Phi) is 8.97. The lowest BCUT2D eigenvalue weighted by molar-refractivity contribution is 0.812. The number of nitrogens with zero attached hydrogens (tertiary/aromatic N) is 2. The van der Waals surface area contributed by atoms with E-state index in [1.165, 1.54) is 76.2 Å². The predicted octanol–water partition coefficient (Wildman–Crippen LogP) is 17.5. The SMILES string of the molecule is c1ccc(N(c2ccccc2)c2ccc(-c3cccc4c3-c3ccccc3C43c4cccc(-c5ccc(N(c6ccccc6)c6ccccc6)cc5)c4-c4c3sc3ccccc43)cc2)cc1. The third kappa shape index (κ3) is 5.80. The molecule has 1 aromatic heterocycles. The molecule has 2 aliphatic rings. The average molecular weight is 859 g/mol. The topological polar surface area (TPSA) is 6.48 Å². The van der Waals surface area contributed by atoms with E-state index in [-0.39, 0.29) is 0 Å². The van der Waals surface area contributed by atoms with Gasteiger partial charge in [0.2, 0.25) is 0 Å². The molecule has 11 aromatic rings. The third-order valence-electron chi connectivity index (χ3n) is 13.7. The summed E-state index contributed by atoms with van der Waals surface area (Å²) in [6.45, 7) is 0. The number of anilines is 6. The van der Waals surface area contributed by atoms with Crippen LogP contribution in [0.4, 0.5) is 34.1 Å². The summed E-state index contributed by atoms with van der Waals surface area (Å²) in [5.41, 5.74) is 20.5. The van der Waals surface area contributed by atoms with Gasteiger partial charge in [0.1, 0.15) is 0 Å². The third-order valence-corrected chi connectivity index (χ3v) is 14.9. The Bertz CT molecular complexity index is 3490. The van der Waals surface area contributed by atoms with Gasteiger partial charge < -0.3 is 9.80 Å². The Balaban J connectivity index is 0.983. The highest BCUT2D eigenvalue weighted by Gasteiger charge is 2.54. The van der Waals surface area contributed by atoms with Crippen LogP contribution in [0.15, 0.2) is 255 Å². The maximum atomic E-state index is 2.41. The highest BCUT2D eigenvalue weighted by atomic mass is 32.1. The second kappa shape index (κ2) is 15.5. The van der Waals surface area contributed by atoms with E-state index in [9.17, 15) is 0 Å². The largest absolute Gasteiger partial charge is 0.311 e. The molecule has 0 bridgehead atoms. The van der Waals surface area contributed by atoms with Crippen LogP contribution in [-0.2, 0) is 5.41 Å². The Labute approximate surface area is 389 Å². The summed E-state index contributed by atoms with van der Waals surface area (Å²) in [6.07, 6.45) is 0. The molecule has 10 aromatic carbocycles. The van der Waals surface area contributed by atoms with Crippen LogP contribution in [0.2, 0.25) is 0 Å². The fraction of sp³-hybridized carbons (Fsp3) is 0.0159. The van der Waals surface area contributed by atoms with Gasteiger partial charge in [-0.3, -0.25) is 0 Å². The van der Waals surface area contributed by atoms with Crippen molar-refractivity contribution < 1.29 is 0 Å². The fourth-order valence-electron chi connectivity index (χ4n) is 10.9. The van der Waals surface area contributed by atoms with Crippen molar-refractivity contribution in [3.05, 3.63) is 276 Å². The van der Waals surface area contributed by atoms with Gasteiger partial charge in [-0.15, -0.1) is 11.3 Å². The van der Waals surface area contributed by atoms with E-state index in [1.54, 1.807) is 0 Å². The van der Waals surface area contributed by atoms with Crippen LogP contribution in [0, 0.1) is 0 Å². The van der Waals surface area contributed by atoms with Gasteiger partial charge in [0, 0.05) is 54.7 Å². The van der Waals surface area contributed by atoms with Gasteiger partial charge in [-0.1, -0.05) is 176 Å². The predicted molar refractivity (Wildman–Crippen MR) is 278 cm³/mol. The minimum absolute atomic E-state index is 0.485. The highest BCUT2D eigenvalue weighted by molar-refractivity contribution is 7.20. The van der Waals surface area contributed by atoms with E-state index in [1.807, 2.05) is 11.3 Å². The molecule has 2 aliphatic carbocycles. The second-order valence-corrected chi connectivity index (χ2v) is 18.2. The summed E-state index contributed by atoms with van der Waals surface area (Å²) >= 11 is 1.96. The Morgan fingerprint density at radius 2 is 0.652 bits per heavy atom. The molecular weight excluding hydrogens is 817 g/mol. The van der Waals surface area contributed by atoms with Gasteiger partial charge in [0.05, 0.1) is 5.41 Å². The van der Waals surface area contributed by atoms with Crippen molar-refractivity contribution in [2.45, 2.75) is 5.41 Å². The van der Waals surface area contributed by atoms with Crippen molar-refractivity contribution in [2.75, 3.05) is 9.80 Å². The normalized spacial score (nSPS) is 14.1. The average Bonchev–Trinajstić information content (AvgIpc) is 4.02. The van der Waals surface area contributed by atoms with E-state index < -0.39 is 5.41 Å². The van der Waals surface area contributed by atoms with Crippen molar-refractivity contribution in [1.29, 1.82) is 0 Å². The molecule has 0 fully saturated rings. The Morgan fingerprint density at radius 3 is 1.17 bits per heavy atom. The molecule has 0 N–H and O–H groups in total. The fourth-order valence-corrected chi connectivity index (χ4v) is 12.4. The minimum atomic E-state index is -0.485. The zero-order chi connectivity index (χ0) is 43.6. The van der Waals surface area contributed by atoms with Crippen molar-refractivity contribution in [2.24, 2.45) is 0 Å². The molecule has 1 unspecified atom stereocenters. The lowest BCUT2D eigenvalue weighted by atomic mass is 9.73. The quantitative estimate of drug-likeness (QED) is 0.150. The summed E-state index contributed by atoms with van der Waals surface area (Å²) in [5, 5.41) is 1.32. The number of benzene rings is 10. The number of rotatable bonds is 8. The van der Waals surface area contributed by atoms with E-state index in [0.717, 1.165) is 34.1 Å². The molecule has 310 valence electrons. The first-order valence-corrected chi connectivity index (χ1v) is 23.5. The van der Waals surface area contributed by atoms with Crippen molar-refractivity contribution in [1.82, 2.24) is 0 Å². The van der Waals surface area contributed by atoms with Gasteiger partial charge >= 0.3 is 0 Å². The Hall–Kier alpha value is -8.24.